The third-order valence-corrected chi connectivity index (χ3v) is 7.42. The molecule has 36 heavy (non-hydrogen) atoms. The molecule has 0 spiro atoms. The van der Waals surface area contributed by atoms with Gasteiger partial charge in [-0.3, -0.25) is 14.5 Å². The monoisotopic (exact) mass is 481 g/mol. The first-order valence-electron chi connectivity index (χ1n) is 12.3. The molecule has 5 nitrogen and oxygen atoms in total. The Morgan fingerprint density at radius 1 is 0.833 bits per heavy atom. The Balaban J connectivity index is 1.71. The number of carbonyl (C=O) groups excluding carboxylic acids is 2. The molecule has 2 aliphatic rings. The van der Waals surface area contributed by atoms with Crippen LogP contribution in [0.25, 0.3) is 0 Å². The highest BCUT2D eigenvalue weighted by atomic mass is 16.5. The van der Waals surface area contributed by atoms with Crippen LogP contribution in [0.5, 0.6) is 11.5 Å². The molecule has 5 rings (SSSR count). The summed E-state index contributed by atoms with van der Waals surface area (Å²) in [4.78, 5) is 29.6. The smallest absolute Gasteiger partial charge is 0.232 e. The number of ether oxygens (including phenoxy) is 2. The summed E-state index contributed by atoms with van der Waals surface area (Å²) in [5.41, 5.74) is 6.38. The summed E-state index contributed by atoms with van der Waals surface area (Å²) in [5.74, 6) is 1.02. The molecule has 0 bridgehead atoms. The highest BCUT2D eigenvalue weighted by Crippen LogP contribution is 2.49. The Kier molecular flexibility index (Phi) is 6.40. The third-order valence-electron chi connectivity index (χ3n) is 7.42. The van der Waals surface area contributed by atoms with Crippen molar-refractivity contribution < 1.29 is 19.1 Å². The van der Waals surface area contributed by atoms with Crippen molar-refractivity contribution >= 4 is 17.4 Å². The summed E-state index contributed by atoms with van der Waals surface area (Å²) < 4.78 is 11.1. The van der Waals surface area contributed by atoms with Crippen molar-refractivity contribution in [1.29, 1.82) is 0 Å². The molecular formula is C31H31NO4. The van der Waals surface area contributed by atoms with Crippen LogP contribution in [-0.2, 0) is 9.59 Å². The first-order valence-corrected chi connectivity index (χ1v) is 12.3. The summed E-state index contributed by atoms with van der Waals surface area (Å²) in [6.45, 7) is 4.04. The van der Waals surface area contributed by atoms with Crippen LogP contribution < -0.4 is 14.4 Å². The molecule has 0 saturated carbocycles. The fourth-order valence-electron chi connectivity index (χ4n) is 5.61. The number of hydrogen-bond acceptors (Lipinski definition) is 4. The Morgan fingerprint density at radius 2 is 1.61 bits per heavy atom. The van der Waals surface area contributed by atoms with Gasteiger partial charge in [-0.25, -0.2) is 0 Å². The molecule has 1 heterocycles. The van der Waals surface area contributed by atoms with E-state index in [4.69, 9.17) is 9.47 Å². The lowest BCUT2D eigenvalue weighted by molar-refractivity contribution is -0.120. The van der Waals surface area contributed by atoms with Gasteiger partial charge in [0.05, 0.1) is 19.9 Å². The highest BCUT2D eigenvalue weighted by Gasteiger charge is 2.43. The molecule has 0 saturated heterocycles. The number of anilines is 1. The first-order chi connectivity index (χ1) is 17.4. The van der Waals surface area contributed by atoms with Gasteiger partial charge in [-0.2, -0.15) is 0 Å². The predicted octanol–water partition coefficient (Wildman–Crippen LogP) is 6.24. The largest absolute Gasteiger partial charge is 0.497 e. The van der Waals surface area contributed by atoms with E-state index in [1.165, 1.54) is 0 Å². The fraction of sp³-hybridized carbons (Fsp3) is 0.290. The van der Waals surface area contributed by atoms with E-state index in [1.54, 1.807) is 14.2 Å². The molecule has 0 radical (unpaired) electrons. The predicted molar refractivity (Wildman–Crippen MR) is 141 cm³/mol. The molecule has 0 fully saturated rings. The number of benzene rings is 3. The van der Waals surface area contributed by atoms with Gasteiger partial charge in [0.25, 0.3) is 0 Å². The molecule has 1 aliphatic heterocycles. The van der Waals surface area contributed by atoms with Gasteiger partial charge in [0.15, 0.2) is 5.78 Å². The van der Waals surface area contributed by atoms with E-state index in [-0.39, 0.29) is 29.9 Å². The van der Waals surface area contributed by atoms with Crippen molar-refractivity contribution in [3.8, 4) is 11.5 Å². The van der Waals surface area contributed by atoms with Crippen LogP contribution in [-0.4, -0.2) is 25.9 Å². The number of amides is 1. The van der Waals surface area contributed by atoms with Crippen LogP contribution in [0.3, 0.4) is 0 Å². The summed E-state index contributed by atoms with van der Waals surface area (Å²) in [6, 6.07) is 21.8. The molecule has 0 aromatic heterocycles. The lowest BCUT2D eigenvalue weighted by Crippen LogP contribution is -2.42. The third kappa shape index (κ3) is 4.19. The van der Waals surface area contributed by atoms with E-state index in [0.717, 1.165) is 33.6 Å². The average Bonchev–Trinajstić information content (AvgIpc) is 2.89. The zero-order valence-electron chi connectivity index (χ0n) is 21.2. The number of methoxy groups -OCH3 is 2. The van der Waals surface area contributed by atoms with Gasteiger partial charge in [-0.1, -0.05) is 42.5 Å². The standard InChI is InChI=1S/C31H31NO4/c1-19-10-11-20(2)26(14-19)32-27-15-22(21-8-6-5-7-9-21)16-28(33)31(27)25(18-30(32)34)24-17-23(35-3)12-13-29(24)36-4/h5-14,17,22,25H,15-16,18H2,1-4H3. The van der Waals surface area contributed by atoms with Crippen molar-refractivity contribution in [3.63, 3.8) is 0 Å². The van der Waals surface area contributed by atoms with Crippen LogP contribution >= 0.6 is 0 Å². The maximum Gasteiger partial charge on any atom is 0.232 e. The van der Waals surface area contributed by atoms with E-state index in [2.05, 4.69) is 12.1 Å². The van der Waals surface area contributed by atoms with Crippen LogP contribution in [0, 0.1) is 13.8 Å². The molecule has 1 aliphatic carbocycles. The van der Waals surface area contributed by atoms with Crippen LogP contribution in [0.4, 0.5) is 5.69 Å². The number of nitrogens with zero attached hydrogens (tertiary/aromatic N) is 1. The topological polar surface area (TPSA) is 55.8 Å². The second kappa shape index (κ2) is 9.65. The lowest BCUT2D eigenvalue weighted by atomic mass is 9.72. The van der Waals surface area contributed by atoms with Gasteiger partial charge in [0.2, 0.25) is 5.91 Å². The van der Waals surface area contributed by atoms with Crippen molar-refractivity contribution in [2.75, 3.05) is 19.1 Å². The van der Waals surface area contributed by atoms with Crippen LogP contribution in [0.1, 0.15) is 53.4 Å². The molecule has 2 atom stereocenters. The second-order valence-corrected chi connectivity index (χ2v) is 9.68. The van der Waals surface area contributed by atoms with E-state index < -0.39 is 0 Å². The molecular weight excluding hydrogens is 450 g/mol. The van der Waals surface area contributed by atoms with Gasteiger partial charge in [0.1, 0.15) is 11.5 Å². The van der Waals surface area contributed by atoms with Gasteiger partial charge in [-0.15, -0.1) is 0 Å². The summed E-state index contributed by atoms with van der Waals surface area (Å²) in [6.07, 6.45) is 1.23. The van der Waals surface area contributed by atoms with E-state index in [1.807, 2.05) is 73.3 Å². The zero-order valence-corrected chi connectivity index (χ0v) is 21.2. The normalized spacial score (nSPS) is 19.8. The highest BCUT2D eigenvalue weighted by molar-refractivity contribution is 6.08. The molecule has 3 aromatic carbocycles. The van der Waals surface area contributed by atoms with Crippen molar-refractivity contribution in [2.24, 2.45) is 0 Å². The number of Topliss-reactive ketones (excluding diaryl/α,β-unsaturated/α-hetero) is 1. The Bertz CT molecular complexity index is 1360. The maximum atomic E-state index is 13.9. The van der Waals surface area contributed by atoms with E-state index in [0.29, 0.717) is 29.9 Å². The number of hydrogen-bond donors (Lipinski definition) is 0. The number of aryl methyl sites for hydroxylation is 2. The Morgan fingerprint density at radius 3 is 2.33 bits per heavy atom. The van der Waals surface area contributed by atoms with Crippen molar-refractivity contribution in [2.45, 2.75) is 44.9 Å². The number of rotatable bonds is 5. The van der Waals surface area contributed by atoms with Crippen LogP contribution in [0.15, 0.2) is 78.0 Å². The Labute approximate surface area is 212 Å². The van der Waals surface area contributed by atoms with E-state index >= 15 is 0 Å². The lowest BCUT2D eigenvalue weighted by Gasteiger charge is -2.41. The van der Waals surface area contributed by atoms with E-state index in [9.17, 15) is 9.59 Å². The SMILES string of the molecule is COc1ccc(OC)c(C2CC(=O)N(c3cc(C)ccc3C)C3=C2C(=O)CC(c2ccccc2)C3)c1. The van der Waals surface area contributed by atoms with Gasteiger partial charge >= 0.3 is 0 Å². The molecule has 0 N–H and O–H groups in total. The summed E-state index contributed by atoms with van der Waals surface area (Å²) >= 11 is 0. The van der Waals surface area contributed by atoms with Gasteiger partial charge in [0, 0.05) is 35.6 Å². The summed E-state index contributed by atoms with van der Waals surface area (Å²) in [7, 11) is 3.22. The van der Waals surface area contributed by atoms with Crippen molar-refractivity contribution in [3.05, 3.63) is 100 Å². The molecule has 184 valence electrons. The Hall–Kier alpha value is -3.86. The summed E-state index contributed by atoms with van der Waals surface area (Å²) in [5, 5.41) is 0. The molecule has 2 unspecified atom stereocenters. The minimum Gasteiger partial charge on any atom is -0.497 e. The quantitative estimate of drug-likeness (QED) is 0.433. The van der Waals surface area contributed by atoms with Crippen molar-refractivity contribution in [1.82, 2.24) is 0 Å². The average molecular weight is 482 g/mol. The second-order valence-electron chi connectivity index (χ2n) is 9.68. The first kappa shape index (κ1) is 23.9. The van der Waals surface area contributed by atoms with Gasteiger partial charge < -0.3 is 9.47 Å². The molecule has 5 heteroatoms. The number of allylic oxidation sites excluding steroid dienone is 2. The minimum atomic E-state index is -0.386. The number of ketones is 1. The maximum absolute atomic E-state index is 13.9. The number of carbonyl (C=O) groups is 2. The molecule has 3 aromatic rings. The van der Waals surface area contributed by atoms with Crippen LogP contribution in [0.2, 0.25) is 0 Å². The van der Waals surface area contributed by atoms with Gasteiger partial charge in [-0.05, 0) is 67.1 Å². The minimum absolute atomic E-state index is 0.0150. The fourth-order valence-corrected chi connectivity index (χ4v) is 5.61. The zero-order chi connectivity index (χ0) is 25.4. The molecule has 1 amide bonds.